The van der Waals surface area contributed by atoms with Crippen molar-refractivity contribution in [3.63, 3.8) is 0 Å². The van der Waals surface area contributed by atoms with E-state index in [0.29, 0.717) is 22.1 Å². The van der Waals surface area contributed by atoms with Gasteiger partial charge in [-0.05, 0) is 50.4 Å². The zero-order valence-electron chi connectivity index (χ0n) is 11.2. The quantitative estimate of drug-likeness (QED) is 0.911. The van der Waals surface area contributed by atoms with Gasteiger partial charge in [-0.1, -0.05) is 29.3 Å². The van der Waals surface area contributed by atoms with Crippen molar-refractivity contribution in [3.8, 4) is 0 Å². The standard InChI is InChI=1S/C15H20Cl2N2/c1-10(11-4-5-12(16)13(17)9-11)18-14-6-8-19-7-2-3-15(14)19/h4-5,9-10,14-15,18H,2-3,6-8H2,1H3. The van der Waals surface area contributed by atoms with Gasteiger partial charge in [0.15, 0.2) is 0 Å². The molecule has 3 atom stereocenters. The molecule has 3 unspecified atom stereocenters. The minimum absolute atomic E-state index is 0.320. The Morgan fingerprint density at radius 2 is 2.05 bits per heavy atom. The first-order valence-corrected chi connectivity index (χ1v) is 7.86. The highest BCUT2D eigenvalue weighted by Gasteiger charge is 2.37. The van der Waals surface area contributed by atoms with Crippen molar-refractivity contribution in [3.05, 3.63) is 33.8 Å². The number of hydrogen-bond donors (Lipinski definition) is 1. The molecule has 3 rings (SSSR count). The Bertz CT molecular complexity index is 463. The summed E-state index contributed by atoms with van der Waals surface area (Å²) in [5.41, 5.74) is 1.21. The predicted octanol–water partition coefficient (Wildman–Crippen LogP) is 3.88. The SMILES string of the molecule is CC(NC1CCN2CCCC12)c1ccc(Cl)c(Cl)c1. The van der Waals surface area contributed by atoms with E-state index >= 15 is 0 Å². The fraction of sp³-hybridized carbons (Fsp3) is 0.600. The summed E-state index contributed by atoms with van der Waals surface area (Å²) in [4.78, 5) is 2.62. The highest BCUT2D eigenvalue weighted by atomic mass is 35.5. The number of fused-ring (bicyclic) bond motifs is 1. The van der Waals surface area contributed by atoms with E-state index in [1.54, 1.807) is 0 Å². The smallest absolute Gasteiger partial charge is 0.0595 e. The highest BCUT2D eigenvalue weighted by Crippen LogP contribution is 2.30. The van der Waals surface area contributed by atoms with E-state index < -0.39 is 0 Å². The first-order chi connectivity index (χ1) is 9.15. The van der Waals surface area contributed by atoms with Gasteiger partial charge in [0.25, 0.3) is 0 Å². The summed E-state index contributed by atoms with van der Waals surface area (Å²) in [6.07, 6.45) is 3.95. The number of halogens is 2. The third kappa shape index (κ3) is 2.78. The first kappa shape index (κ1) is 13.7. The predicted molar refractivity (Wildman–Crippen MR) is 81.0 cm³/mol. The second-order valence-corrected chi connectivity index (χ2v) is 6.52. The number of nitrogens with one attached hydrogen (secondary N) is 1. The summed E-state index contributed by atoms with van der Waals surface area (Å²) >= 11 is 12.1. The van der Waals surface area contributed by atoms with Crippen LogP contribution in [0.2, 0.25) is 10.0 Å². The fourth-order valence-electron chi connectivity index (χ4n) is 3.48. The molecule has 2 fully saturated rings. The van der Waals surface area contributed by atoms with Gasteiger partial charge in [0.2, 0.25) is 0 Å². The highest BCUT2D eigenvalue weighted by molar-refractivity contribution is 6.42. The third-order valence-electron chi connectivity index (χ3n) is 4.51. The average molecular weight is 299 g/mol. The lowest BCUT2D eigenvalue weighted by Gasteiger charge is -2.25. The molecule has 0 aliphatic carbocycles. The molecule has 1 N–H and O–H groups in total. The molecule has 0 amide bonds. The van der Waals surface area contributed by atoms with E-state index in [1.165, 1.54) is 37.9 Å². The van der Waals surface area contributed by atoms with Crippen LogP contribution in [0.3, 0.4) is 0 Å². The zero-order valence-corrected chi connectivity index (χ0v) is 12.7. The van der Waals surface area contributed by atoms with Gasteiger partial charge in [0.05, 0.1) is 10.0 Å². The Balaban J connectivity index is 1.67. The van der Waals surface area contributed by atoms with E-state index in [2.05, 4.69) is 23.2 Å². The van der Waals surface area contributed by atoms with Gasteiger partial charge in [0.1, 0.15) is 0 Å². The van der Waals surface area contributed by atoms with Crippen molar-refractivity contribution in [1.82, 2.24) is 10.2 Å². The maximum Gasteiger partial charge on any atom is 0.0595 e. The Hall–Kier alpha value is -0.280. The number of hydrogen-bond acceptors (Lipinski definition) is 2. The van der Waals surface area contributed by atoms with E-state index in [0.717, 1.165) is 6.04 Å². The van der Waals surface area contributed by atoms with Crippen LogP contribution in [-0.4, -0.2) is 30.1 Å². The summed E-state index contributed by atoms with van der Waals surface area (Å²) in [6.45, 7) is 4.73. The third-order valence-corrected chi connectivity index (χ3v) is 5.25. The van der Waals surface area contributed by atoms with Crippen molar-refractivity contribution >= 4 is 23.2 Å². The summed E-state index contributed by atoms with van der Waals surface area (Å²) in [5, 5.41) is 5.04. The molecule has 0 radical (unpaired) electrons. The van der Waals surface area contributed by atoms with Crippen LogP contribution >= 0.6 is 23.2 Å². The van der Waals surface area contributed by atoms with Crippen LogP contribution in [-0.2, 0) is 0 Å². The van der Waals surface area contributed by atoms with E-state index in [1.807, 2.05) is 12.1 Å². The second kappa shape index (κ2) is 5.61. The van der Waals surface area contributed by atoms with E-state index in [4.69, 9.17) is 23.2 Å². The molecule has 4 heteroatoms. The van der Waals surface area contributed by atoms with E-state index in [9.17, 15) is 0 Å². The van der Waals surface area contributed by atoms with Gasteiger partial charge in [-0.3, -0.25) is 4.90 Å². The van der Waals surface area contributed by atoms with Crippen LogP contribution in [0.1, 0.15) is 37.8 Å². The molecule has 1 aromatic carbocycles. The van der Waals surface area contributed by atoms with Crippen LogP contribution in [0.15, 0.2) is 18.2 Å². The number of rotatable bonds is 3. The fourth-order valence-corrected chi connectivity index (χ4v) is 3.78. The van der Waals surface area contributed by atoms with Crippen molar-refractivity contribution < 1.29 is 0 Å². The van der Waals surface area contributed by atoms with Crippen LogP contribution < -0.4 is 5.32 Å². The molecule has 0 saturated carbocycles. The summed E-state index contributed by atoms with van der Waals surface area (Å²) in [7, 11) is 0. The molecular formula is C15H20Cl2N2. The summed E-state index contributed by atoms with van der Waals surface area (Å²) in [6, 6.07) is 7.60. The largest absolute Gasteiger partial charge is 0.306 e. The summed E-state index contributed by atoms with van der Waals surface area (Å²) in [5.74, 6) is 0. The average Bonchev–Trinajstić information content (AvgIpc) is 2.97. The molecule has 1 aromatic rings. The minimum atomic E-state index is 0.320. The van der Waals surface area contributed by atoms with Gasteiger partial charge in [-0.25, -0.2) is 0 Å². The topological polar surface area (TPSA) is 15.3 Å². The Morgan fingerprint density at radius 1 is 1.21 bits per heavy atom. The molecule has 2 heterocycles. The Morgan fingerprint density at radius 3 is 2.84 bits per heavy atom. The van der Waals surface area contributed by atoms with Gasteiger partial charge in [0, 0.05) is 24.7 Å². The molecular weight excluding hydrogens is 279 g/mol. The number of nitrogens with zero attached hydrogens (tertiary/aromatic N) is 1. The second-order valence-electron chi connectivity index (χ2n) is 5.70. The molecule has 2 saturated heterocycles. The van der Waals surface area contributed by atoms with Crippen LogP contribution in [0, 0.1) is 0 Å². The monoisotopic (exact) mass is 298 g/mol. The van der Waals surface area contributed by atoms with Gasteiger partial charge in [-0.15, -0.1) is 0 Å². The molecule has 2 aliphatic heterocycles. The lowest BCUT2D eigenvalue weighted by atomic mass is 10.0. The van der Waals surface area contributed by atoms with Gasteiger partial charge >= 0.3 is 0 Å². The lowest BCUT2D eigenvalue weighted by molar-refractivity contribution is 0.291. The molecule has 0 aromatic heterocycles. The maximum absolute atomic E-state index is 6.10. The van der Waals surface area contributed by atoms with Crippen molar-refractivity contribution in [1.29, 1.82) is 0 Å². The maximum atomic E-state index is 6.10. The lowest BCUT2D eigenvalue weighted by Crippen LogP contribution is -2.40. The van der Waals surface area contributed by atoms with Gasteiger partial charge in [-0.2, -0.15) is 0 Å². The molecule has 0 bridgehead atoms. The molecule has 19 heavy (non-hydrogen) atoms. The van der Waals surface area contributed by atoms with Crippen LogP contribution in [0.4, 0.5) is 0 Å². The molecule has 2 nitrogen and oxygen atoms in total. The normalized spacial score (nSPS) is 28.6. The molecule has 0 spiro atoms. The van der Waals surface area contributed by atoms with Crippen LogP contribution in [0.5, 0.6) is 0 Å². The Labute approximate surface area is 125 Å². The van der Waals surface area contributed by atoms with Crippen molar-refractivity contribution in [2.75, 3.05) is 13.1 Å². The summed E-state index contributed by atoms with van der Waals surface area (Å²) < 4.78 is 0. The van der Waals surface area contributed by atoms with Crippen LogP contribution in [0.25, 0.3) is 0 Å². The number of benzene rings is 1. The van der Waals surface area contributed by atoms with Crippen molar-refractivity contribution in [2.45, 2.75) is 44.3 Å². The van der Waals surface area contributed by atoms with E-state index in [-0.39, 0.29) is 0 Å². The Kier molecular flexibility index (Phi) is 4.04. The molecule has 104 valence electrons. The van der Waals surface area contributed by atoms with Gasteiger partial charge < -0.3 is 5.32 Å². The first-order valence-electron chi connectivity index (χ1n) is 7.10. The minimum Gasteiger partial charge on any atom is -0.306 e. The zero-order chi connectivity index (χ0) is 13.4. The molecule has 2 aliphatic rings. The van der Waals surface area contributed by atoms with Crippen molar-refractivity contribution in [2.24, 2.45) is 0 Å².